The third-order valence-corrected chi connectivity index (χ3v) is 8.08. The van der Waals surface area contributed by atoms with Crippen molar-refractivity contribution in [2.45, 2.75) is 57.9 Å². The third-order valence-electron chi connectivity index (χ3n) is 6.07. The first-order chi connectivity index (χ1) is 13.7. The molecule has 0 aromatic heterocycles. The van der Waals surface area contributed by atoms with E-state index in [-0.39, 0.29) is 16.8 Å². The van der Waals surface area contributed by atoms with Crippen LogP contribution in [0.2, 0.25) is 0 Å². The first-order valence-electron chi connectivity index (χ1n) is 10.8. The van der Waals surface area contributed by atoms with Crippen LogP contribution in [0.1, 0.15) is 56.0 Å². The Balaban J connectivity index is 1.78. The van der Waals surface area contributed by atoms with Crippen LogP contribution in [0.4, 0.5) is 0 Å². The van der Waals surface area contributed by atoms with E-state index < -0.39 is 10.0 Å². The maximum atomic E-state index is 13.2. The van der Waals surface area contributed by atoms with Gasteiger partial charge in [0.1, 0.15) is 0 Å². The fourth-order valence-electron chi connectivity index (χ4n) is 4.38. The second kappa shape index (κ2) is 9.14. The molecule has 2 heterocycles. The number of hydrogen-bond donors (Lipinski definition) is 0. The van der Waals surface area contributed by atoms with E-state index in [1.807, 2.05) is 18.7 Å². The van der Waals surface area contributed by atoms with Gasteiger partial charge in [0.05, 0.1) is 4.90 Å². The molecule has 2 fully saturated rings. The Bertz CT molecular complexity index is 830. The summed E-state index contributed by atoms with van der Waals surface area (Å²) in [5, 5.41) is 0. The largest absolute Gasteiger partial charge is 0.336 e. The molecular weight excluding hydrogens is 386 g/mol. The number of benzene rings is 1. The van der Waals surface area contributed by atoms with Crippen LogP contribution >= 0.6 is 0 Å². The minimum atomic E-state index is -3.58. The number of carbonyl (C=O) groups is 1. The summed E-state index contributed by atoms with van der Waals surface area (Å²) in [6.07, 6.45) is 2.84. The lowest BCUT2D eigenvalue weighted by molar-refractivity contribution is 0.0623. The number of hydrogen-bond acceptors (Lipinski definition) is 4. The van der Waals surface area contributed by atoms with Crippen LogP contribution in [0.5, 0.6) is 0 Å². The highest BCUT2D eigenvalue weighted by Gasteiger charge is 2.32. The molecule has 0 saturated carbocycles. The molecule has 2 saturated heterocycles. The number of sulfonamides is 1. The van der Waals surface area contributed by atoms with Gasteiger partial charge in [-0.2, -0.15) is 4.31 Å². The summed E-state index contributed by atoms with van der Waals surface area (Å²) in [4.78, 5) is 17.7. The molecule has 29 heavy (non-hydrogen) atoms. The summed E-state index contributed by atoms with van der Waals surface area (Å²) in [6, 6.07) is 5.00. The standard InChI is InChI=1S/C22H35N3O3S/c1-17(2)16-23-11-13-24(14-12-23)22(26)21-15-20(9-8-18(21)3)29(27,28)25-10-6-5-7-19(25)4/h8-9,15,17,19H,5-7,10-14,16H2,1-4H3. The van der Waals surface area contributed by atoms with Crippen LogP contribution < -0.4 is 0 Å². The summed E-state index contributed by atoms with van der Waals surface area (Å²) in [7, 11) is -3.58. The first-order valence-corrected chi connectivity index (χ1v) is 12.3. The van der Waals surface area contributed by atoms with E-state index in [0.29, 0.717) is 31.1 Å². The molecule has 2 aliphatic rings. The molecule has 1 unspecified atom stereocenters. The number of rotatable bonds is 5. The third kappa shape index (κ3) is 5.01. The summed E-state index contributed by atoms with van der Waals surface area (Å²) in [5.41, 5.74) is 1.33. The van der Waals surface area contributed by atoms with E-state index in [1.54, 1.807) is 22.5 Å². The molecule has 7 heteroatoms. The summed E-state index contributed by atoms with van der Waals surface area (Å²) >= 11 is 0. The molecule has 2 aliphatic heterocycles. The zero-order valence-corrected chi connectivity index (χ0v) is 19.0. The molecular formula is C22H35N3O3S. The van der Waals surface area contributed by atoms with E-state index in [4.69, 9.17) is 0 Å². The van der Waals surface area contributed by atoms with Crippen molar-refractivity contribution in [3.05, 3.63) is 29.3 Å². The van der Waals surface area contributed by atoms with Gasteiger partial charge in [-0.05, 0) is 50.3 Å². The molecule has 0 radical (unpaired) electrons. The van der Waals surface area contributed by atoms with Gasteiger partial charge in [-0.15, -0.1) is 0 Å². The number of piperidine rings is 1. The number of nitrogens with zero attached hydrogens (tertiary/aromatic N) is 3. The van der Waals surface area contributed by atoms with Gasteiger partial charge in [-0.3, -0.25) is 9.69 Å². The van der Waals surface area contributed by atoms with Gasteiger partial charge in [0.2, 0.25) is 10.0 Å². The summed E-state index contributed by atoms with van der Waals surface area (Å²) in [5.74, 6) is 0.550. The normalized spacial score (nSPS) is 22.2. The minimum absolute atomic E-state index is 0.00300. The highest BCUT2D eigenvalue weighted by molar-refractivity contribution is 7.89. The Kier molecular flexibility index (Phi) is 7.02. The Labute approximate surface area is 175 Å². The van der Waals surface area contributed by atoms with Crippen molar-refractivity contribution in [3.63, 3.8) is 0 Å². The van der Waals surface area contributed by atoms with Gasteiger partial charge in [0.15, 0.2) is 0 Å². The molecule has 1 aromatic carbocycles. The topological polar surface area (TPSA) is 60.9 Å². The highest BCUT2D eigenvalue weighted by atomic mass is 32.2. The van der Waals surface area contributed by atoms with Crippen LogP contribution in [0.15, 0.2) is 23.1 Å². The first kappa shape index (κ1) is 22.2. The second-order valence-corrected chi connectivity index (χ2v) is 10.8. The van der Waals surface area contributed by atoms with E-state index in [1.165, 1.54) is 0 Å². The van der Waals surface area contributed by atoms with Gasteiger partial charge < -0.3 is 4.90 Å². The molecule has 1 atom stereocenters. The van der Waals surface area contributed by atoms with Gasteiger partial charge >= 0.3 is 0 Å². The molecule has 0 bridgehead atoms. The van der Waals surface area contributed by atoms with Gasteiger partial charge in [0.25, 0.3) is 5.91 Å². The number of piperazine rings is 1. The molecule has 162 valence electrons. The van der Waals surface area contributed by atoms with Crippen LogP contribution in [0.25, 0.3) is 0 Å². The summed E-state index contributed by atoms with van der Waals surface area (Å²) in [6.45, 7) is 13.0. The monoisotopic (exact) mass is 421 g/mol. The van der Waals surface area contributed by atoms with Crippen molar-refractivity contribution in [2.24, 2.45) is 5.92 Å². The lowest BCUT2D eigenvalue weighted by Crippen LogP contribution is -2.49. The van der Waals surface area contributed by atoms with Crippen LogP contribution in [0.3, 0.4) is 0 Å². The van der Waals surface area contributed by atoms with E-state index in [2.05, 4.69) is 18.7 Å². The van der Waals surface area contributed by atoms with Crippen molar-refractivity contribution in [1.82, 2.24) is 14.1 Å². The SMILES string of the molecule is Cc1ccc(S(=O)(=O)N2CCCCC2C)cc1C(=O)N1CCN(CC(C)C)CC1. The zero-order valence-electron chi connectivity index (χ0n) is 18.2. The Morgan fingerprint density at radius 1 is 1.10 bits per heavy atom. The van der Waals surface area contributed by atoms with Gasteiger partial charge in [-0.1, -0.05) is 26.3 Å². The average molecular weight is 422 g/mol. The maximum Gasteiger partial charge on any atom is 0.254 e. The van der Waals surface area contributed by atoms with Crippen molar-refractivity contribution in [2.75, 3.05) is 39.3 Å². The molecule has 1 amide bonds. The Morgan fingerprint density at radius 2 is 1.79 bits per heavy atom. The second-order valence-electron chi connectivity index (χ2n) is 8.92. The van der Waals surface area contributed by atoms with Gasteiger partial charge in [0, 0.05) is 50.9 Å². The minimum Gasteiger partial charge on any atom is -0.336 e. The Morgan fingerprint density at radius 3 is 2.41 bits per heavy atom. The molecule has 0 spiro atoms. The predicted molar refractivity (Wildman–Crippen MR) is 116 cm³/mol. The fraction of sp³-hybridized carbons (Fsp3) is 0.682. The molecule has 1 aromatic rings. The van der Waals surface area contributed by atoms with Crippen molar-refractivity contribution < 1.29 is 13.2 Å². The molecule has 3 rings (SSSR count). The number of aryl methyl sites for hydroxylation is 1. The van der Waals surface area contributed by atoms with Crippen molar-refractivity contribution in [3.8, 4) is 0 Å². The number of carbonyl (C=O) groups excluding carboxylic acids is 1. The van der Waals surface area contributed by atoms with E-state index in [9.17, 15) is 13.2 Å². The maximum absolute atomic E-state index is 13.2. The van der Waals surface area contributed by atoms with Crippen molar-refractivity contribution in [1.29, 1.82) is 0 Å². The highest BCUT2D eigenvalue weighted by Crippen LogP contribution is 2.27. The Hall–Kier alpha value is -1.44. The van der Waals surface area contributed by atoms with Crippen LogP contribution in [-0.4, -0.2) is 73.7 Å². The summed E-state index contributed by atoms with van der Waals surface area (Å²) < 4.78 is 28.0. The quantitative estimate of drug-likeness (QED) is 0.733. The zero-order chi connectivity index (χ0) is 21.2. The number of amides is 1. The van der Waals surface area contributed by atoms with Crippen LogP contribution in [0, 0.1) is 12.8 Å². The molecule has 6 nitrogen and oxygen atoms in total. The van der Waals surface area contributed by atoms with Crippen molar-refractivity contribution >= 4 is 15.9 Å². The fourth-order valence-corrected chi connectivity index (χ4v) is 6.10. The van der Waals surface area contributed by atoms with Crippen LogP contribution in [-0.2, 0) is 10.0 Å². The average Bonchev–Trinajstić information content (AvgIpc) is 2.68. The van der Waals surface area contributed by atoms with E-state index in [0.717, 1.165) is 44.5 Å². The molecule has 0 N–H and O–H groups in total. The predicted octanol–water partition coefficient (Wildman–Crippen LogP) is 2.97. The lowest BCUT2D eigenvalue weighted by atomic mass is 10.1. The lowest BCUT2D eigenvalue weighted by Gasteiger charge is -2.36. The van der Waals surface area contributed by atoms with Gasteiger partial charge in [-0.25, -0.2) is 8.42 Å². The smallest absolute Gasteiger partial charge is 0.254 e. The van der Waals surface area contributed by atoms with E-state index >= 15 is 0 Å². The molecule has 0 aliphatic carbocycles.